The molecule has 0 spiro atoms. The molecule has 4 aromatic carbocycles. The first-order valence-corrected chi connectivity index (χ1v) is 11.3. The molecular formula is C29H27F3. The predicted molar refractivity (Wildman–Crippen MR) is 128 cm³/mol. The van der Waals surface area contributed by atoms with Crippen LogP contribution in [0.15, 0.2) is 84.9 Å². The molecule has 0 bridgehead atoms. The molecule has 0 aliphatic carbocycles. The Labute approximate surface area is 187 Å². The minimum Gasteiger partial charge on any atom is -0.166 e. The molecule has 0 amide bonds. The van der Waals surface area contributed by atoms with Gasteiger partial charge >= 0.3 is 6.18 Å². The van der Waals surface area contributed by atoms with Crippen molar-refractivity contribution >= 4 is 10.8 Å². The molecule has 0 fully saturated rings. The molecule has 0 atom stereocenters. The molecule has 0 aromatic heterocycles. The molecule has 32 heavy (non-hydrogen) atoms. The number of benzene rings is 4. The summed E-state index contributed by atoms with van der Waals surface area (Å²) in [5.41, 5.74) is 4.69. The Hall–Kier alpha value is -3.07. The van der Waals surface area contributed by atoms with Gasteiger partial charge in [-0.1, -0.05) is 99.0 Å². The van der Waals surface area contributed by atoms with Crippen molar-refractivity contribution in [1.29, 1.82) is 0 Å². The maximum atomic E-state index is 12.8. The van der Waals surface area contributed by atoms with Gasteiger partial charge in [0, 0.05) is 0 Å². The summed E-state index contributed by atoms with van der Waals surface area (Å²) < 4.78 is 38.4. The highest BCUT2D eigenvalue weighted by atomic mass is 19.4. The van der Waals surface area contributed by atoms with Crippen molar-refractivity contribution in [2.24, 2.45) is 0 Å². The fourth-order valence-corrected chi connectivity index (χ4v) is 4.19. The van der Waals surface area contributed by atoms with E-state index in [0.717, 1.165) is 35.2 Å². The fraction of sp³-hybridized carbons (Fsp3) is 0.241. The van der Waals surface area contributed by atoms with E-state index in [9.17, 15) is 13.2 Å². The molecule has 4 rings (SSSR count). The fourth-order valence-electron chi connectivity index (χ4n) is 4.19. The zero-order valence-electron chi connectivity index (χ0n) is 18.3. The van der Waals surface area contributed by atoms with Gasteiger partial charge in [0.1, 0.15) is 0 Å². The van der Waals surface area contributed by atoms with Crippen molar-refractivity contribution < 1.29 is 13.2 Å². The highest BCUT2D eigenvalue weighted by Gasteiger charge is 2.29. The number of fused-ring (bicyclic) bond motifs is 1. The highest BCUT2D eigenvalue weighted by molar-refractivity contribution is 5.97. The summed E-state index contributed by atoms with van der Waals surface area (Å²) in [5.74, 6) is 0. The first kappa shape index (κ1) is 22.1. The zero-order chi connectivity index (χ0) is 22.6. The Morgan fingerprint density at radius 2 is 1.31 bits per heavy atom. The van der Waals surface area contributed by atoms with Crippen LogP contribution in [0.3, 0.4) is 0 Å². The smallest absolute Gasteiger partial charge is 0.166 e. The van der Waals surface area contributed by atoms with Crippen LogP contribution in [0.2, 0.25) is 0 Å². The van der Waals surface area contributed by atoms with Crippen molar-refractivity contribution in [3.63, 3.8) is 0 Å². The van der Waals surface area contributed by atoms with Gasteiger partial charge in [-0.2, -0.15) is 13.2 Å². The lowest BCUT2D eigenvalue weighted by Gasteiger charge is -2.11. The minimum atomic E-state index is -4.31. The Morgan fingerprint density at radius 1 is 0.656 bits per heavy atom. The average molecular weight is 433 g/mol. The van der Waals surface area contributed by atoms with Crippen molar-refractivity contribution in [2.75, 3.05) is 0 Å². The van der Waals surface area contributed by atoms with E-state index in [4.69, 9.17) is 0 Å². The van der Waals surface area contributed by atoms with Crippen LogP contribution in [0.4, 0.5) is 13.2 Å². The van der Waals surface area contributed by atoms with Crippen LogP contribution >= 0.6 is 0 Å². The Morgan fingerprint density at radius 3 is 1.97 bits per heavy atom. The molecule has 0 aliphatic rings. The Kier molecular flexibility index (Phi) is 6.64. The lowest BCUT2D eigenvalue weighted by Crippen LogP contribution is -2.03. The van der Waals surface area contributed by atoms with Crippen LogP contribution in [-0.2, 0) is 12.6 Å². The number of hydrogen-bond donors (Lipinski definition) is 0. The number of rotatable bonds is 7. The molecule has 0 radical (unpaired) electrons. The van der Waals surface area contributed by atoms with Crippen LogP contribution in [-0.4, -0.2) is 0 Å². The number of hydrogen-bond acceptors (Lipinski definition) is 0. The van der Waals surface area contributed by atoms with Gasteiger partial charge in [0.2, 0.25) is 0 Å². The summed E-state index contributed by atoms with van der Waals surface area (Å²) in [6.45, 7) is 2.23. The third-order valence-electron chi connectivity index (χ3n) is 6.01. The molecule has 0 nitrogen and oxygen atoms in total. The summed E-state index contributed by atoms with van der Waals surface area (Å²) in [6.07, 6.45) is 1.84. The quantitative estimate of drug-likeness (QED) is 0.255. The number of alkyl halides is 3. The maximum Gasteiger partial charge on any atom is 0.416 e. The summed E-state index contributed by atoms with van der Waals surface area (Å²) in [4.78, 5) is 0. The molecule has 3 heteroatoms. The number of halogens is 3. The van der Waals surface area contributed by atoms with E-state index in [1.54, 1.807) is 0 Å². The second kappa shape index (κ2) is 9.60. The van der Waals surface area contributed by atoms with E-state index in [-0.39, 0.29) is 0 Å². The first-order valence-electron chi connectivity index (χ1n) is 11.3. The van der Waals surface area contributed by atoms with Gasteiger partial charge in [-0.15, -0.1) is 0 Å². The molecule has 0 unspecified atom stereocenters. The van der Waals surface area contributed by atoms with Crippen molar-refractivity contribution in [1.82, 2.24) is 0 Å². The van der Waals surface area contributed by atoms with Gasteiger partial charge in [0.25, 0.3) is 0 Å². The van der Waals surface area contributed by atoms with E-state index in [1.165, 1.54) is 59.7 Å². The Balaban J connectivity index is 1.56. The van der Waals surface area contributed by atoms with Crippen LogP contribution in [0.25, 0.3) is 33.0 Å². The monoisotopic (exact) mass is 432 g/mol. The van der Waals surface area contributed by atoms with Gasteiger partial charge in [-0.05, 0) is 63.6 Å². The van der Waals surface area contributed by atoms with Crippen molar-refractivity contribution in [3.8, 4) is 22.3 Å². The van der Waals surface area contributed by atoms with E-state index in [1.807, 2.05) is 24.3 Å². The van der Waals surface area contributed by atoms with Gasteiger partial charge in [-0.3, -0.25) is 0 Å². The standard InChI is InChI=1S/C29H27F3/c1-2-3-4-5-7-21-10-19-28-25(20-21)8-6-9-27(28)24-13-11-22(12-14-24)23-15-17-26(18-16-23)29(30,31)32/h6,8-20H,2-5,7H2,1H3. The summed E-state index contributed by atoms with van der Waals surface area (Å²) in [7, 11) is 0. The van der Waals surface area contributed by atoms with Crippen molar-refractivity contribution in [2.45, 2.75) is 45.2 Å². The lowest BCUT2D eigenvalue weighted by atomic mass is 9.94. The van der Waals surface area contributed by atoms with E-state index < -0.39 is 11.7 Å². The topological polar surface area (TPSA) is 0 Å². The highest BCUT2D eigenvalue weighted by Crippen LogP contribution is 2.33. The van der Waals surface area contributed by atoms with Gasteiger partial charge in [-0.25, -0.2) is 0 Å². The van der Waals surface area contributed by atoms with E-state index in [0.29, 0.717) is 0 Å². The largest absolute Gasteiger partial charge is 0.416 e. The van der Waals surface area contributed by atoms with E-state index >= 15 is 0 Å². The summed E-state index contributed by atoms with van der Waals surface area (Å²) in [6, 6.07) is 26.4. The van der Waals surface area contributed by atoms with Crippen LogP contribution in [0.1, 0.15) is 43.7 Å². The van der Waals surface area contributed by atoms with Gasteiger partial charge in [0.15, 0.2) is 0 Å². The lowest BCUT2D eigenvalue weighted by molar-refractivity contribution is -0.137. The van der Waals surface area contributed by atoms with Crippen molar-refractivity contribution in [3.05, 3.63) is 96.1 Å². The molecule has 0 aliphatic heterocycles. The van der Waals surface area contributed by atoms with E-state index in [2.05, 4.69) is 43.3 Å². The average Bonchev–Trinajstić information content (AvgIpc) is 2.81. The van der Waals surface area contributed by atoms with Crippen LogP contribution in [0.5, 0.6) is 0 Å². The molecule has 4 aromatic rings. The third kappa shape index (κ3) is 5.04. The summed E-state index contributed by atoms with van der Waals surface area (Å²) >= 11 is 0. The molecule has 0 saturated heterocycles. The van der Waals surface area contributed by atoms with Gasteiger partial charge < -0.3 is 0 Å². The SMILES string of the molecule is CCCCCCc1ccc2c(-c3ccc(-c4ccc(C(F)(F)F)cc4)cc3)cccc2c1. The molecule has 0 heterocycles. The molecular weight excluding hydrogens is 405 g/mol. The predicted octanol–water partition coefficient (Wildman–Crippen LogP) is 9.32. The maximum absolute atomic E-state index is 12.8. The second-order valence-corrected chi connectivity index (χ2v) is 8.32. The molecule has 0 N–H and O–H groups in total. The zero-order valence-corrected chi connectivity index (χ0v) is 18.3. The minimum absolute atomic E-state index is 0.627. The number of unbranched alkanes of at least 4 members (excludes halogenated alkanes) is 3. The molecule has 164 valence electrons. The van der Waals surface area contributed by atoms with Crippen LogP contribution < -0.4 is 0 Å². The first-order chi connectivity index (χ1) is 15.5. The van der Waals surface area contributed by atoms with Crippen LogP contribution in [0, 0.1) is 0 Å². The summed E-state index contributed by atoms with van der Waals surface area (Å²) in [5, 5.41) is 2.45. The normalized spacial score (nSPS) is 11.8. The molecule has 0 saturated carbocycles. The number of aryl methyl sites for hydroxylation is 1. The van der Waals surface area contributed by atoms with Gasteiger partial charge in [0.05, 0.1) is 5.56 Å². The second-order valence-electron chi connectivity index (χ2n) is 8.32. The third-order valence-corrected chi connectivity index (χ3v) is 6.01. The Bertz CT molecular complexity index is 1170.